The first-order valence-corrected chi connectivity index (χ1v) is 7.84. The number of nitrogens with zero attached hydrogens (tertiary/aromatic N) is 1. The zero-order valence-corrected chi connectivity index (χ0v) is 13.7. The average molecular weight is 318 g/mol. The molecule has 1 aliphatic heterocycles. The second-order valence-corrected chi connectivity index (χ2v) is 5.99. The molecule has 4 nitrogen and oxygen atoms in total. The third-order valence-corrected chi connectivity index (χ3v) is 3.87. The van der Waals surface area contributed by atoms with Crippen molar-refractivity contribution in [2.24, 2.45) is 0 Å². The first-order chi connectivity index (χ1) is 11.5. The molecule has 4 heteroatoms. The van der Waals surface area contributed by atoms with Gasteiger partial charge in [0.05, 0.1) is 0 Å². The number of nitriles is 1. The van der Waals surface area contributed by atoms with Crippen LogP contribution in [0.25, 0.3) is 6.08 Å². The molecule has 0 fully saturated rings. The maximum Gasteiger partial charge on any atom is 0.266 e. The molecule has 24 heavy (non-hydrogen) atoms. The smallest absolute Gasteiger partial charge is 0.266 e. The van der Waals surface area contributed by atoms with Gasteiger partial charge in [-0.05, 0) is 60.9 Å². The van der Waals surface area contributed by atoms with Crippen molar-refractivity contribution < 1.29 is 9.53 Å². The van der Waals surface area contributed by atoms with Crippen molar-refractivity contribution in [2.75, 3.05) is 5.32 Å². The number of nitrogens with one attached hydrogen (secondary N) is 1. The number of carbonyl (C=O) groups excluding carboxylic acids is 1. The van der Waals surface area contributed by atoms with Gasteiger partial charge in [0.2, 0.25) is 0 Å². The Morgan fingerprint density at radius 1 is 1.33 bits per heavy atom. The minimum atomic E-state index is -0.409. The molecule has 1 N–H and O–H groups in total. The van der Waals surface area contributed by atoms with Crippen molar-refractivity contribution in [3.8, 4) is 11.8 Å². The lowest BCUT2D eigenvalue weighted by atomic mass is 10.0. The molecule has 1 aliphatic rings. The highest BCUT2D eigenvalue weighted by Gasteiger charge is 2.19. The number of benzene rings is 2. The molecule has 0 unspecified atom stereocenters. The molecule has 3 rings (SSSR count). The molecule has 2 aromatic rings. The van der Waals surface area contributed by atoms with Crippen LogP contribution < -0.4 is 10.1 Å². The van der Waals surface area contributed by atoms with E-state index < -0.39 is 5.91 Å². The summed E-state index contributed by atoms with van der Waals surface area (Å²) in [7, 11) is 0. The maximum absolute atomic E-state index is 12.3. The summed E-state index contributed by atoms with van der Waals surface area (Å²) < 4.78 is 5.67. The van der Waals surface area contributed by atoms with Crippen molar-refractivity contribution >= 4 is 17.7 Å². The van der Waals surface area contributed by atoms with E-state index in [9.17, 15) is 10.1 Å². The van der Waals surface area contributed by atoms with Crippen LogP contribution >= 0.6 is 0 Å². The van der Waals surface area contributed by atoms with Crippen LogP contribution in [0.3, 0.4) is 0 Å². The van der Waals surface area contributed by atoms with Crippen LogP contribution in [-0.4, -0.2) is 12.0 Å². The zero-order chi connectivity index (χ0) is 17.1. The van der Waals surface area contributed by atoms with Gasteiger partial charge in [0.15, 0.2) is 0 Å². The summed E-state index contributed by atoms with van der Waals surface area (Å²) in [4.78, 5) is 12.3. The third kappa shape index (κ3) is 3.47. The van der Waals surface area contributed by atoms with Crippen molar-refractivity contribution in [1.82, 2.24) is 0 Å². The van der Waals surface area contributed by atoms with Gasteiger partial charge in [0.25, 0.3) is 5.91 Å². The number of rotatable bonds is 3. The number of hydrogen-bond donors (Lipinski definition) is 1. The number of amides is 1. The van der Waals surface area contributed by atoms with Crippen LogP contribution in [0.1, 0.15) is 23.6 Å². The summed E-state index contributed by atoms with van der Waals surface area (Å²) in [6, 6.07) is 15.2. The summed E-state index contributed by atoms with van der Waals surface area (Å²) in [5.74, 6) is 0.468. The van der Waals surface area contributed by atoms with E-state index in [-0.39, 0.29) is 11.7 Å². The normalized spacial score (nSPS) is 16.0. The summed E-state index contributed by atoms with van der Waals surface area (Å²) >= 11 is 0. The molecule has 0 saturated carbocycles. The molecule has 0 saturated heterocycles. The second kappa shape index (κ2) is 6.59. The van der Waals surface area contributed by atoms with Gasteiger partial charge >= 0.3 is 0 Å². The Kier molecular flexibility index (Phi) is 4.35. The lowest BCUT2D eigenvalue weighted by Crippen LogP contribution is -2.13. The average Bonchev–Trinajstić information content (AvgIpc) is 2.91. The van der Waals surface area contributed by atoms with Crippen LogP contribution in [-0.2, 0) is 11.2 Å². The predicted molar refractivity (Wildman–Crippen MR) is 93.6 cm³/mol. The van der Waals surface area contributed by atoms with Crippen LogP contribution in [0.5, 0.6) is 5.75 Å². The van der Waals surface area contributed by atoms with Crippen LogP contribution in [0.4, 0.5) is 5.69 Å². The predicted octanol–water partition coefficient (Wildman–Crippen LogP) is 3.86. The number of hydrogen-bond acceptors (Lipinski definition) is 3. The van der Waals surface area contributed by atoms with Crippen molar-refractivity contribution in [1.29, 1.82) is 5.26 Å². The quantitative estimate of drug-likeness (QED) is 0.690. The molecular formula is C20H18N2O2. The molecule has 120 valence electrons. The minimum absolute atomic E-state index is 0.0726. The molecule has 0 spiro atoms. The summed E-state index contributed by atoms with van der Waals surface area (Å²) in [6.45, 7) is 3.97. The number of carbonyl (C=O) groups is 1. The summed E-state index contributed by atoms with van der Waals surface area (Å²) in [6.07, 6.45) is 2.61. The van der Waals surface area contributed by atoms with Gasteiger partial charge in [-0.15, -0.1) is 0 Å². The Bertz CT molecular complexity index is 862. The van der Waals surface area contributed by atoms with E-state index in [1.165, 1.54) is 0 Å². The topological polar surface area (TPSA) is 62.1 Å². The lowest BCUT2D eigenvalue weighted by Gasteiger charge is -2.05. The third-order valence-electron chi connectivity index (χ3n) is 3.87. The van der Waals surface area contributed by atoms with E-state index in [0.29, 0.717) is 5.69 Å². The van der Waals surface area contributed by atoms with E-state index in [1.807, 2.05) is 56.3 Å². The van der Waals surface area contributed by atoms with E-state index in [4.69, 9.17) is 4.74 Å². The Morgan fingerprint density at radius 3 is 2.92 bits per heavy atom. The van der Waals surface area contributed by atoms with Crippen LogP contribution in [0, 0.1) is 18.3 Å². The number of fused-ring (bicyclic) bond motifs is 1. The van der Waals surface area contributed by atoms with Crippen molar-refractivity contribution in [3.05, 3.63) is 64.7 Å². The van der Waals surface area contributed by atoms with Crippen molar-refractivity contribution in [2.45, 2.75) is 26.4 Å². The van der Waals surface area contributed by atoms with E-state index in [1.54, 1.807) is 12.1 Å². The van der Waals surface area contributed by atoms with Crippen molar-refractivity contribution in [3.63, 3.8) is 0 Å². The van der Waals surface area contributed by atoms with Gasteiger partial charge in [0.1, 0.15) is 23.5 Å². The zero-order valence-electron chi connectivity index (χ0n) is 13.7. The minimum Gasteiger partial charge on any atom is -0.490 e. The van der Waals surface area contributed by atoms with Gasteiger partial charge < -0.3 is 10.1 Å². The van der Waals surface area contributed by atoms with E-state index >= 15 is 0 Å². The maximum atomic E-state index is 12.3. The molecule has 1 atom stereocenters. The van der Waals surface area contributed by atoms with Gasteiger partial charge in [-0.3, -0.25) is 4.79 Å². The van der Waals surface area contributed by atoms with E-state index in [2.05, 4.69) is 5.32 Å². The SMILES string of the molecule is Cc1cccc(NC(=O)/C(C#N)=C/c2ccc3c(c2)C[C@H](C)O3)c1. The molecule has 1 amide bonds. The number of ether oxygens (including phenoxy) is 1. The fraction of sp³-hybridized carbons (Fsp3) is 0.200. The van der Waals surface area contributed by atoms with Gasteiger partial charge in [-0.2, -0.15) is 5.26 Å². The number of anilines is 1. The van der Waals surface area contributed by atoms with Gasteiger partial charge in [0, 0.05) is 12.1 Å². The Hall–Kier alpha value is -3.06. The fourth-order valence-electron chi connectivity index (χ4n) is 2.77. The summed E-state index contributed by atoms with van der Waals surface area (Å²) in [5.41, 5.74) is 3.72. The molecule has 0 aromatic heterocycles. The fourth-order valence-corrected chi connectivity index (χ4v) is 2.77. The van der Waals surface area contributed by atoms with Gasteiger partial charge in [-0.1, -0.05) is 18.2 Å². The van der Waals surface area contributed by atoms with Gasteiger partial charge in [-0.25, -0.2) is 0 Å². The largest absolute Gasteiger partial charge is 0.490 e. The lowest BCUT2D eigenvalue weighted by molar-refractivity contribution is -0.112. The highest BCUT2D eigenvalue weighted by Crippen LogP contribution is 2.30. The van der Waals surface area contributed by atoms with Crippen LogP contribution in [0.15, 0.2) is 48.0 Å². The van der Waals surface area contributed by atoms with Crippen LogP contribution in [0.2, 0.25) is 0 Å². The Labute approximate surface area is 141 Å². The molecule has 0 bridgehead atoms. The second-order valence-electron chi connectivity index (χ2n) is 5.99. The first-order valence-electron chi connectivity index (χ1n) is 7.84. The molecule has 0 radical (unpaired) electrons. The highest BCUT2D eigenvalue weighted by atomic mass is 16.5. The van der Waals surface area contributed by atoms with E-state index in [0.717, 1.165) is 28.9 Å². The highest BCUT2D eigenvalue weighted by molar-refractivity contribution is 6.09. The number of aryl methyl sites for hydroxylation is 1. The first kappa shape index (κ1) is 15.8. The molecular weight excluding hydrogens is 300 g/mol. The monoisotopic (exact) mass is 318 g/mol. The standard InChI is InChI=1S/C20H18N2O2/c1-13-4-3-5-18(8-13)22-20(23)17(12-21)11-15-6-7-19-16(10-15)9-14(2)24-19/h3-8,10-11,14H,9H2,1-2H3,(H,22,23)/b17-11+/t14-/m0/s1. The Morgan fingerprint density at radius 2 is 2.17 bits per heavy atom. The molecule has 0 aliphatic carbocycles. The molecule has 1 heterocycles. The summed E-state index contributed by atoms with van der Waals surface area (Å²) in [5, 5.41) is 12.1. The molecule has 2 aromatic carbocycles. The Balaban J connectivity index is 1.81.